The summed E-state index contributed by atoms with van der Waals surface area (Å²) in [5, 5.41) is 1.82. The third-order valence-electron chi connectivity index (χ3n) is 1.74. The molecule has 0 spiro atoms. The molecule has 11 heavy (non-hydrogen) atoms. The molecule has 4 heteroatoms. The normalized spacial score (nSPS) is 27.8. The van der Waals surface area contributed by atoms with Gasteiger partial charge in [0.05, 0.1) is 12.7 Å². The summed E-state index contributed by atoms with van der Waals surface area (Å²) in [6, 6.07) is 0. The average Bonchev–Trinajstić information content (AvgIpc) is 1.85. The quantitative estimate of drug-likeness (QED) is 0.531. The summed E-state index contributed by atoms with van der Waals surface area (Å²) < 4.78 is 5.50. The first-order valence-electron chi connectivity index (χ1n) is 3.94. The number of hydrazine groups is 1. The minimum atomic E-state index is 0.281. The van der Waals surface area contributed by atoms with Crippen molar-refractivity contribution in [1.82, 2.24) is 9.91 Å². The molecule has 1 rings (SSSR count). The number of likely N-dealkylation sites (N-methyl/N-ethyl adjacent to an activating group) is 1. The van der Waals surface area contributed by atoms with Crippen LogP contribution in [0.15, 0.2) is 0 Å². The van der Waals surface area contributed by atoms with Gasteiger partial charge in [-0.25, -0.2) is 5.01 Å². The Balaban J connectivity index is 2.23. The largest absolute Gasteiger partial charge is 0.374 e. The van der Waals surface area contributed by atoms with Gasteiger partial charge in [-0.05, 0) is 14.1 Å². The van der Waals surface area contributed by atoms with Crippen LogP contribution in [0, 0.1) is 0 Å². The molecule has 0 saturated carbocycles. The fourth-order valence-electron chi connectivity index (χ4n) is 1.26. The summed E-state index contributed by atoms with van der Waals surface area (Å²) in [6.45, 7) is 3.41. The lowest BCUT2D eigenvalue weighted by atomic mass is 10.3. The molecule has 1 unspecified atom stereocenters. The van der Waals surface area contributed by atoms with E-state index >= 15 is 0 Å². The highest BCUT2D eigenvalue weighted by Crippen LogP contribution is 2.01. The van der Waals surface area contributed by atoms with Crippen molar-refractivity contribution in [2.24, 2.45) is 5.84 Å². The lowest BCUT2D eigenvalue weighted by Gasteiger charge is -2.31. The molecular formula is C7H17N3O. The van der Waals surface area contributed by atoms with Crippen molar-refractivity contribution in [2.45, 2.75) is 6.10 Å². The van der Waals surface area contributed by atoms with E-state index in [1.54, 1.807) is 0 Å². The first-order valence-corrected chi connectivity index (χ1v) is 3.94. The topological polar surface area (TPSA) is 41.7 Å². The summed E-state index contributed by atoms with van der Waals surface area (Å²) in [5.74, 6) is 5.64. The van der Waals surface area contributed by atoms with Crippen LogP contribution in [-0.4, -0.2) is 56.3 Å². The molecule has 2 N–H and O–H groups in total. The Morgan fingerprint density at radius 1 is 1.64 bits per heavy atom. The minimum absolute atomic E-state index is 0.281. The predicted molar refractivity (Wildman–Crippen MR) is 44.1 cm³/mol. The average molecular weight is 159 g/mol. The van der Waals surface area contributed by atoms with Crippen LogP contribution in [0.5, 0.6) is 0 Å². The molecule has 0 bridgehead atoms. The van der Waals surface area contributed by atoms with Crippen molar-refractivity contribution in [2.75, 3.05) is 40.3 Å². The predicted octanol–water partition coefficient (Wildman–Crippen LogP) is -0.877. The van der Waals surface area contributed by atoms with Crippen LogP contribution in [0.1, 0.15) is 0 Å². The van der Waals surface area contributed by atoms with E-state index in [-0.39, 0.29) is 6.10 Å². The van der Waals surface area contributed by atoms with Gasteiger partial charge < -0.3 is 9.64 Å². The second-order valence-electron chi connectivity index (χ2n) is 3.25. The molecule has 1 aliphatic rings. The Hall–Kier alpha value is -0.160. The van der Waals surface area contributed by atoms with Crippen molar-refractivity contribution >= 4 is 0 Å². The van der Waals surface area contributed by atoms with Gasteiger partial charge in [0.15, 0.2) is 0 Å². The lowest BCUT2D eigenvalue weighted by Crippen LogP contribution is -2.49. The second kappa shape index (κ2) is 4.01. The summed E-state index contributed by atoms with van der Waals surface area (Å²) in [5.41, 5.74) is 0. The van der Waals surface area contributed by atoms with Gasteiger partial charge in [-0.15, -0.1) is 0 Å². The smallest absolute Gasteiger partial charge is 0.0842 e. The highest BCUT2D eigenvalue weighted by molar-refractivity contribution is 4.69. The Labute approximate surface area is 67.9 Å². The summed E-state index contributed by atoms with van der Waals surface area (Å²) in [7, 11) is 4.08. The highest BCUT2D eigenvalue weighted by Gasteiger charge is 2.17. The van der Waals surface area contributed by atoms with E-state index in [1.165, 1.54) is 0 Å². The van der Waals surface area contributed by atoms with Crippen molar-refractivity contribution < 1.29 is 4.74 Å². The summed E-state index contributed by atoms with van der Waals surface area (Å²) in [4.78, 5) is 2.11. The Morgan fingerprint density at radius 3 is 2.91 bits per heavy atom. The van der Waals surface area contributed by atoms with E-state index in [1.807, 2.05) is 19.1 Å². The lowest BCUT2D eigenvalue weighted by molar-refractivity contribution is -0.0384. The molecular weight excluding hydrogens is 142 g/mol. The van der Waals surface area contributed by atoms with Gasteiger partial charge in [0.1, 0.15) is 0 Å². The third kappa shape index (κ3) is 3.16. The van der Waals surface area contributed by atoms with Crippen LogP contribution in [0.25, 0.3) is 0 Å². The molecule has 66 valence electrons. The molecule has 1 atom stereocenters. The molecule has 0 aromatic rings. The molecule has 1 saturated heterocycles. The summed E-state index contributed by atoms with van der Waals surface area (Å²) >= 11 is 0. The van der Waals surface area contributed by atoms with Crippen LogP contribution in [0.2, 0.25) is 0 Å². The van der Waals surface area contributed by atoms with Gasteiger partial charge in [0.2, 0.25) is 0 Å². The number of hydrogen-bond donors (Lipinski definition) is 1. The third-order valence-corrected chi connectivity index (χ3v) is 1.74. The Morgan fingerprint density at radius 2 is 2.36 bits per heavy atom. The standard InChI is InChI=1S/C7H17N3O/c1-9(2)5-7-6-10(8)3-4-11-7/h7H,3-6,8H2,1-2H3. The number of rotatable bonds is 2. The highest BCUT2D eigenvalue weighted by atomic mass is 16.5. The number of nitrogens with zero attached hydrogens (tertiary/aromatic N) is 2. The van der Waals surface area contributed by atoms with Gasteiger partial charge in [-0.1, -0.05) is 0 Å². The fraction of sp³-hybridized carbons (Fsp3) is 1.00. The van der Waals surface area contributed by atoms with Crippen molar-refractivity contribution in [3.05, 3.63) is 0 Å². The van der Waals surface area contributed by atoms with Gasteiger partial charge in [-0.3, -0.25) is 5.84 Å². The molecule has 0 radical (unpaired) electrons. The molecule has 4 nitrogen and oxygen atoms in total. The number of nitrogens with two attached hydrogens (primary N) is 1. The van der Waals surface area contributed by atoms with E-state index in [0.29, 0.717) is 0 Å². The SMILES string of the molecule is CN(C)CC1CN(N)CCO1. The zero-order chi connectivity index (χ0) is 8.27. The zero-order valence-corrected chi connectivity index (χ0v) is 7.29. The first-order chi connectivity index (χ1) is 5.18. The van der Waals surface area contributed by atoms with Crippen molar-refractivity contribution in [3.63, 3.8) is 0 Å². The van der Waals surface area contributed by atoms with Gasteiger partial charge in [0.25, 0.3) is 0 Å². The zero-order valence-electron chi connectivity index (χ0n) is 7.29. The number of hydrogen-bond acceptors (Lipinski definition) is 4. The van der Waals surface area contributed by atoms with E-state index in [0.717, 1.165) is 26.2 Å². The number of morpholine rings is 1. The van der Waals surface area contributed by atoms with E-state index < -0.39 is 0 Å². The Bertz CT molecular complexity index is 116. The maximum Gasteiger partial charge on any atom is 0.0842 e. The molecule has 0 aliphatic carbocycles. The first kappa shape index (κ1) is 8.93. The van der Waals surface area contributed by atoms with Crippen LogP contribution in [-0.2, 0) is 4.74 Å². The maximum absolute atomic E-state index is 5.64. The van der Waals surface area contributed by atoms with Crippen molar-refractivity contribution in [1.29, 1.82) is 0 Å². The Kier molecular flexibility index (Phi) is 3.26. The molecule has 0 amide bonds. The fourth-order valence-corrected chi connectivity index (χ4v) is 1.26. The van der Waals surface area contributed by atoms with Gasteiger partial charge in [-0.2, -0.15) is 0 Å². The molecule has 0 aromatic heterocycles. The maximum atomic E-state index is 5.64. The van der Waals surface area contributed by atoms with E-state index in [2.05, 4.69) is 4.90 Å². The second-order valence-corrected chi connectivity index (χ2v) is 3.25. The van der Waals surface area contributed by atoms with Crippen LogP contribution in [0.3, 0.4) is 0 Å². The van der Waals surface area contributed by atoms with Gasteiger partial charge in [0, 0.05) is 19.6 Å². The molecule has 1 fully saturated rings. The molecule has 1 heterocycles. The van der Waals surface area contributed by atoms with Crippen molar-refractivity contribution in [3.8, 4) is 0 Å². The minimum Gasteiger partial charge on any atom is -0.374 e. The molecule has 0 aromatic carbocycles. The molecule has 1 aliphatic heterocycles. The van der Waals surface area contributed by atoms with Gasteiger partial charge >= 0.3 is 0 Å². The van der Waals surface area contributed by atoms with Crippen LogP contribution >= 0.6 is 0 Å². The summed E-state index contributed by atoms with van der Waals surface area (Å²) in [6.07, 6.45) is 0.281. The van der Waals surface area contributed by atoms with Crippen LogP contribution in [0.4, 0.5) is 0 Å². The number of ether oxygens (including phenoxy) is 1. The van der Waals surface area contributed by atoms with E-state index in [9.17, 15) is 0 Å². The van der Waals surface area contributed by atoms with Crippen LogP contribution < -0.4 is 5.84 Å². The van der Waals surface area contributed by atoms with E-state index in [4.69, 9.17) is 10.6 Å². The monoisotopic (exact) mass is 159 g/mol.